The highest BCUT2D eigenvalue weighted by Crippen LogP contribution is 2.45. The van der Waals surface area contributed by atoms with Crippen molar-refractivity contribution in [2.45, 2.75) is 12.8 Å². The lowest BCUT2D eigenvalue weighted by Gasteiger charge is -2.27. The molecule has 1 aliphatic heterocycles. The number of hydrogen-bond acceptors (Lipinski definition) is 5. The first-order valence-corrected chi connectivity index (χ1v) is 8.65. The normalized spacial score (nSPS) is 16.4. The molecule has 4 rings (SSSR count). The molecule has 1 aliphatic rings. The van der Waals surface area contributed by atoms with Crippen LogP contribution in [0.15, 0.2) is 52.0 Å². The van der Waals surface area contributed by atoms with Crippen LogP contribution < -0.4 is 16.0 Å². The second-order valence-electron chi connectivity index (χ2n) is 6.02. The van der Waals surface area contributed by atoms with E-state index in [0.717, 1.165) is 21.3 Å². The molecule has 0 spiro atoms. The van der Waals surface area contributed by atoms with E-state index in [1.807, 2.05) is 42.6 Å². The highest BCUT2D eigenvalue weighted by Gasteiger charge is 2.36. The van der Waals surface area contributed by atoms with E-state index in [1.165, 1.54) is 11.3 Å². The summed E-state index contributed by atoms with van der Waals surface area (Å²) in [5.41, 5.74) is 8.43. The minimum Gasteiger partial charge on any atom is -0.439 e. The van der Waals surface area contributed by atoms with E-state index >= 15 is 0 Å². The summed E-state index contributed by atoms with van der Waals surface area (Å²) in [4.78, 5) is 14.1. The lowest BCUT2D eigenvalue weighted by atomic mass is 9.86. The van der Waals surface area contributed by atoms with Crippen molar-refractivity contribution in [1.29, 1.82) is 5.26 Å². The summed E-state index contributed by atoms with van der Waals surface area (Å²) in [6.07, 6.45) is 0. The Balaban J connectivity index is 2.17. The van der Waals surface area contributed by atoms with E-state index in [9.17, 15) is 10.1 Å². The van der Waals surface area contributed by atoms with Gasteiger partial charge in [-0.05, 0) is 36.1 Å². The Hall–Kier alpha value is -3.04. The highest BCUT2D eigenvalue weighted by molar-refractivity contribution is 7.10. The Labute approximate surface area is 148 Å². The monoisotopic (exact) mass is 349 g/mol. The van der Waals surface area contributed by atoms with Crippen LogP contribution in [0.25, 0.3) is 10.9 Å². The third-order valence-corrected chi connectivity index (χ3v) is 5.71. The van der Waals surface area contributed by atoms with Crippen molar-refractivity contribution in [2.24, 2.45) is 12.8 Å². The molecule has 3 aromatic rings. The van der Waals surface area contributed by atoms with Crippen molar-refractivity contribution in [3.8, 4) is 11.8 Å². The number of nitriles is 1. The summed E-state index contributed by atoms with van der Waals surface area (Å²) in [6.45, 7) is 1.97. The number of nitrogens with two attached hydrogens (primary N) is 1. The predicted octanol–water partition coefficient (Wildman–Crippen LogP) is 3.13. The Morgan fingerprint density at radius 3 is 2.76 bits per heavy atom. The number of ether oxygens (including phenoxy) is 1. The number of thiophene rings is 1. The standard InChI is InChI=1S/C19H15N3O2S/c1-10-7-8-25-17(10)14-12(9-20)18(21)24-16-11-5-3-4-6-13(11)22(2)19(23)15(14)16/h3-8,14H,21H2,1-2H3/t14-/m1/s1. The van der Waals surface area contributed by atoms with E-state index in [4.69, 9.17) is 10.5 Å². The van der Waals surface area contributed by atoms with Gasteiger partial charge >= 0.3 is 0 Å². The van der Waals surface area contributed by atoms with Gasteiger partial charge in [-0.3, -0.25) is 4.79 Å². The molecule has 0 fully saturated rings. The highest BCUT2D eigenvalue weighted by atomic mass is 32.1. The van der Waals surface area contributed by atoms with Gasteiger partial charge in [0.25, 0.3) is 5.56 Å². The third kappa shape index (κ3) is 2.10. The molecule has 0 radical (unpaired) electrons. The number of allylic oxidation sites excluding steroid dienone is 1. The fourth-order valence-corrected chi connectivity index (χ4v) is 4.41. The van der Waals surface area contributed by atoms with Gasteiger partial charge in [-0.2, -0.15) is 5.26 Å². The van der Waals surface area contributed by atoms with Crippen LogP contribution in [-0.4, -0.2) is 4.57 Å². The van der Waals surface area contributed by atoms with Gasteiger partial charge in [0, 0.05) is 17.3 Å². The van der Waals surface area contributed by atoms with Gasteiger partial charge in [-0.1, -0.05) is 12.1 Å². The molecule has 0 unspecified atom stereocenters. The van der Waals surface area contributed by atoms with E-state index in [2.05, 4.69) is 6.07 Å². The van der Waals surface area contributed by atoms with Gasteiger partial charge in [0.15, 0.2) is 0 Å². The molecule has 5 nitrogen and oxygen atoms in total. The van der Waals surface area contributed by atoms with Crippen molar-refractivity contribution in [2.75, 3.05) is 0 Å². The zero-order chi connectivity index (χ0) is 17.7. The van der Waals surface area contributed by atoms with Crippen LogP contribution in [0.1, 0.15) is 21.9 Å². The molecule has 1 aromatic carbocycles. The summed E-state index contributed by atoms with van der Waals surface area (Å²) in [7, 11) is 1.73. The van der Waals surface area contributed by atoms with Gasteiger partial charge in [0.1, 0.15) is 17.4 Å². The van der Waals surface area contributed by atoms with Crippen LogP contribution in [0.5, 0.6) is 5.75 Å². The molecule has 0 saturated heterocycles. The number of rotatable bonds is 1. The van der Waals surface area contributed by atoms with Crippen LogP contribution in [0.2, 0.25) is 0 Å². The van der Waals surface area contributed by atoms with E-state index in [-0.39, 0.29) is 17.0 Å². The molecule has 2 aromatic heterocycles. The number of nitrogens with zero attached hydrogens (tertiary/aromatic N) is 2. The first kappa shape index (κ1) is 15.5. The SMILES string of the molecule is Cc1ccsc1[C@@H]1C(C#N)=C(N)Oc2c1c(=O)n(C)c1ccccc21. The van der Waals surface area contributed by atoms with E-state index in [1.54, 1.807) is 11.6 Å². The van der Waals surface area contributed by atoms with Crippen LogP contribution in [-0.2, 0) is 7.05 Å². The van der Waals surface area contributed by atoms with Crippen LogP contribution in [0.3, 0.4) is 0 Å². The van der Waals surface area contributed by atoms with E-state index in [0.29, 0.717) is 11.3 Å². The number of fused-ring (bicyclic) bond motifs is 3. The summed E-state index contributed by atoms with van der Waals surface area (Å²) < 4.78 is 7.38. The van der Waals surface area contributed by atoms with Gasteiger partial charge in [-0.15, -0.1) is 11.3 Å². The molecule has 1 atom stereocenters. The largest absolute Gasteiger partial charge is 0.439 e. The quantitative estimate of drug-likeness (QED) is 0.732. The van der Waals surface area contributed by atoms with Gasteiger partial charge in [-0.25, -0.2) is 0 Å². The zero-order valence-electron chi connectivity index (χ0n) is 13.7. The van der Waals surface area contributed by atoms with Crippen LogP contribution >= 0.6 is 11.3 Å². The second kappa shape index (κ2) is 5.50. The average molecular weight is 349 g/mol. The Kier molecular flexibility index (Phi) is 3.41. The van der Waals surface area contributed by atoms with E-state index < -0.39 is 5.92 Å². The van der Waals surface area contributed by atoms with Crippen molar-refractivity contribution in [3.05, 3.63) is 73.5 Å². The van der Waals surface area contributed by atoms with Gasteiger partial charge in [0.2, 0.25) is 5.88 Å². The van der Waals surface area contributed by atoms with Gasteiger partial charge in [0.05, 0.1) is 17.0 Å². The minimum absolute atomic E-state index is 0.0613. The Bertz CT molecular complexity index is 1150. The maximum absolute atomic E-state index is 13.1. The molecule has 0 aliphatic carbocycles. The maximum atomic E-state index is 13.1. The van der Waals surface area contributed by atoms with Crippen LogP contribution in [0, 0.1) is 18.3 Å². The molecule has 6 heteroatoms. The second-order valence-corrected chi connectivity index (χ2v) is 6.96. The lowest BCUT2D eigenvalue weighted by molar-refractivity contribution is 0.396. The van der Waals surface area contributed by atoms with Crippen molar-refractivity contribution < 1.29 is 4.74 Å². The molecule has 0 amide bonds. The molecule has 0 saturated carbocycles. The molecule has 25 heavy (non-hydrogen) atoms. The number of aromatic nitrogens is 1. The number of benzene rings is 1. The molecular formula is C19H15N3O2S. The topological polar surface area (TPSA) is 81.0 Å². The average Bonchev–Trinajstić information content (AvgIpc) is 3.04. The molecule has 2 N–H and O–H groups in total. The lowest BCUT2D eigenvalue weighted by Crippen LogP contribution is -2.31. The van der Waals surface area contributed by atoms with Gasteiger partial charge < -0.3 is 15.0 Å². The van der Waals surface area contributed by atoms with Crippen molar-refractivity contribution in [1.82, 2.24) is 4.57 Å². The van der Waals surface area contributed by atoms with Crippen molar-refractivity contribution >= 4 is 22.2 Å². The third-order valence-electron chi connectivity index (χ3n) is 4.63. The summed E-state index contributed by atoms with van der Waals surface area (Å²) >= 11 is 1.52. The zero-order valence-corrected chi connectivity index (χ0v) is 14.6. The number of para-hydroxylation sites is 1. The van der Waals surface area contributed by atoms with Crippen LogP contribution in [0.4, 0.5) is 0 Å². The number of pyridine rings is 1. The number of hydrogen-bond donors (Lipinski definition) is 1. The fraction of sp³-hybridized carbons (Fsp3) is 0.158. The Morgan fingerprint density at radius 1 is 1.32 bits per heavy atom. The predicted molar refractivity (Wildman–Crippen MR) is 97.5 cm³/mol. The maximum Gasteiger partial charge on any atom is 0.258 e. The smallest absolute Gasteiger partial charge is 0.258 e. The molecular weight excluding hydrogens is 334 g/mol. The first-order chi connectivity index (χ1) is 12.0. The molecule has 0 bridgehead atoms. The first-order valence-electron chi connectivity index (χ1n) is 7.77. The molecule has 3 heterocycles. The summed E-state index contributed by atoms with van der Waals surface area (Å²) in [6, 6.07) is 11.7. The Morgan fingerprint density at radius 2 is 2.08 bits per heavy atom. The minimum atomic E-state index is -0.503. The fourth-order valence-electron chi connectivity index (χ4n) is 3.37. The molecule has 124 valence electrons. The number of aryl methyl sites for hydroxylation is 2. The summed E-state index contributed by atoms with van der Waals surface area (Å²) in [5, 5.41) is 12.4. The van der Waals surface area contributed by atoms with Crippen molar-refractivity contribution in [3.63, 3.8) is 0 Å². The summed E-state index contributed by atoms with van der Waals surface area (Å²) in [5.74, 6) is 0.0104.